The number of nitrogens with one attached hydrogen (secondary N) is 1. The van der Waals surface area contributed by atoms with Crippen LogP contribution in [0.5, 0.6) is 0 Å². The average molecular weight is 456 g/mol. The van der Waals surface area contributed by atoms with Crippen LogP contribution in [0.25, 0.3) is 10.2 Å². The van der Waals surface area contributed by atoms with Crippen molar-refractivity contribution in [2.24, 2.45) is 0 Å². The molecule has 1 heterocycles. The number of carbonyl (C=O) groups excluding carboxylic acids is 1. The summed E-state index contributed by atoms with van der Waals surface area (Å²) in [5, 5.41) is 14.0. The van der Waals surface area contributed by atoms with Gasteiger partial charge in [-0.2, -0.15) is 0 Å². The van der Waals surface area contributed by atoms with Crippen molar-refractivity contribution in [2.45, 2.75) is 10.1 Å². The maximum Gasteiger partial charge on any atom is 0.269 e. The van der Waals surface area contributed by atoms with Gasteiger partial charge in [-0.1, -0.05) is 47.6 Å². The highest BCUT2D eigenvalue weighted by Gasteiger charge is 2.12. The number of nitro benzene ring substituents is 1. The molecular weight excluding hydrogens is 442 g/mol. The Hall–Kier alpha value is -2.94. The number of rotatable bonds is 6. The van der Waals surface area contributed by atoms with Gasteiger partial charge in [0.2, 0.25) is 0 Å². The van der Waals surface area contributed by atoms with Gasteiger partial charge in [-0.25, -0.2) is 4.98 Å². The highest BCUT2D eigenvalue weighted by molar-refractivity contribution is 8.00. The van der Waals surface area contributed by atoms with E-state index in [0.717, 1.165) is 20.1 Å². The monoisotopic (exact) mass is 455 g/mol. The summed E-state index contributed by atoms with van der Waals surface area (Å²) in [5.41, 5.74) is 3.00. The molecule has 0 bridgehead atoms. The van der Waals surface area contributed by atoms with Crippen LogP contribution in [0.1, 0.15) is 15.9 Å². The molecule has 30 heavy (non-hydrogen) atoms. The van der Waals surface area contributed by atoms with Gasteiger partial charge in [-0.15, -0.1) is 11.3 Å². The van der Waals surface area contributed by atoms with Gasteiger partial charge in [0, 0.05) is 23.6 Å². The predicted octanol–water partition coefficient (Wildman–Crippen LogP) is 6.40. The first-order valence-corrected chi connectivity index (χ1v) is 11.0. The number of hydrogen-bond acceptors (Lipinski definition) is 6. The first-order chi connectivity index (χ1) is 14.5. The number of aromatic nitrogens is 1. The molecule has 3 aromatic carbocycles. The second-order valence-electron chi connectivity index (χ2n) is 6.31. The molecule has 0 aliphatic rings. The third kappa shape index (κ3) is 4.62. The Kier molecular flexibility index (Phi) is 5.98. The smallest absolute Gasteiger partial charge is 0.269 e. The van der Waals surface area contributed by atoms with Crippen LogP contribution in [-0.4, -0.2) is 15.8 Å². The van der Waals surface area contributed by atoms with Crippen molar-refractivity contribution in [3.05, 3.63) is 93.0 Å². The van der Waals surface area contributed by atoms with Crippen LogP contribution >= 0.6 is 34.7 Å². The van der Waals surface area contributed by atoms with Crippen LogP contribution in [0, 0.1) is 10.1 Å². The molecule has 1 N–H and O–H groups in total. The molecule has 0 atom stereocenters. The van der Waals surface area contributed by atoms with Gasteiger partial charge < -0.3 is 5.32 Å². The number of halogens is 1. The average Bonchev–Trinajstić information content (AvgIpc) is 3.15. The number of nitrogens with zero attached hydrogens (tertiary/aromatic N) is 2. The van der Waals surface area contributed by atoms with Crippen LogP contribution in [0.2, 0.25) is 5.02 Å². The van der Waals surface area contributed by atoms with Gasteiger partial charge >= 0.3 is 0 Å². The van der Waals surface area contributed by atoms with Crippen LogP contribution in [-0.2, 0) is 5.75 Å². The lowest BCUT2D eigenvalue weighted by molar-refractivity contribution is -0.384. The number of carbonyl (C=O) groups is 1. The van der Waals surface area contributed by atoms with Crippen LogP contribution in [0.4, 0.5) is 11.4 Å². The number of amides is 1. The standard InChI is InChI=1S/C21H14ClN3O3S2/c22-17-4-2-1-3-16(17)20(26)23-14-7-10-18-19(11-14)30-21(24-18)29-12-13-5-8-15(9-6-13)25(27)28/h1-11H,12H2,(H,23,26). The first kappa shape index (κ1) is 20.3. The Morgan fingerprint density at radius 2 is 1.90 bits per heavy atom. The van der Waals surface area contributed by atoms with Gasteiger partial charge in [0.05, 0.1) is 25.7 Å². The Bertz CT molecular complexity index is 1240. The van der Waals surface area contributed by atoms with Crippen molar-refractivity contribution < 1.29 is 9.72 Å². The molecular formula is C21H14ClN3O3S2. The van der Waals surface area contributed by atoms with E-state index in [1.165, 1.54) is 23.5 Å². The predicted molar refractivity (Wildman–Crippen MR) is 122 cm³/mol. The Labute approximate surface area is 185 Å². The van der Waals surface area contributed by atoms with Crippen LogP contribution in [0.3, 0.4) is 0 Å². The SMILES string of the molecule is O=C(Nc1ccc2nc(SCc3ccc([N+](=O)[O-])cc3)sc2c1)c1ccccc1Cl. The van der Waals surface area contributed by atoms with Gasteiger partial charge in [0.1, 0.15) is 0 Å². The Morgan fingerprint density at radius 1 is 1.13 bits per heavy atom. The lowest BCUT2D eigenvalue weighted by Gasteiger charge is -2.06. The fourth-order valence-electron chi connectivity index (χ4n) is 2.75. The molecule has 6 nitrogen and oxygen atoms in total. The summed E-state index contributed by atoms with van der Waals surface area (Å²) < 4.78 is 1.84. The van der Waals surface area contributed by atoms with E-state index in [-0.39, 0.29) is 11.6 Å². The van der Waals surface area contributed by atoms with E-state index in [1.807, 2.05) is 18.2 Å². The maximum atomic E-state index is 12.4. The molecule has 0 spiro atoms. The molecule has 0 saturated carbocycles. The van der Waals surface area contributed by atoms with Crippen LogP contribution in [0.15, 0.2) is 71.1 Å². The summed E-state index contributed by atoms with van der Waals surface area (Å²) in [6.45, 7) is 0. The maximum absolute atomic E-state index is 12.4. The normalized spacial score (nSPS) is 10.8. The van der Waals surface area contributed by atoms with E-state index in [4.69, 9.17) is 11.6 Å². The Balaban J connectivity index is 1.45. The Morgan fingerprint density at radius 3 is 2.63 bits per heavy atom. The topological polar surface area (TPSA) is 85.1 Å². The lowest BCUT2D eigenvalue weighted by atomic mass is 10.2. The van der Waals surface area contributed by atoms with Crippen molar-refractivity contribution in [1.82, 2.24) is 4.98 Å². The third-order valence-corrected chi connectivity index (χ3v) is 6.82. The van der Waals surface area contributed by atoms with Crippen molar-refractivity contribution >= 4 is 62.2 Å². The highest BCUT2D eigenvalue weighted by Crippen LogP contribution is 2.33. The second-order valence-corrected chi connectivity index (χ2v) is 8.97. The van der Waals surface area contributed by atoms with E-state index >= 15 is 0 Å². The highest BCUT2D eigenvalue weighted by atomic mass is 35.5. The fraction of sp³-hybridized carbons (Fsp3) is 0.0476. The van der Waals surface area contributed by atoms with Crippen molar-refractivity contribution in [2.75, 3.05) is 5.32 Å². The van der Waals surface area contributed by atoms with Gasteiger partial charge in [0.25, 0.3) is 11.6 Å². The second kappa shape index (κ2) is 8.83. The first-order valence-electron chi connectivity index (χ1n) is 8.82. The molecule has 9 heteroatoms. The molecule has 0 aliphatic carbocycles. The third-order valence-electron chi connectivity index (χ3n) is 4.25. The largest absolute Gasteiger partial charge is 0.322 e. The van der Waals surface area contributed by atoms with Crippen LogP contribution < -0.4 is 5.32 Å². The molecule has 4 rings (SSSR count). The number of non-ortho nitro benzene ring substituents is 1. The molecule has 1 aromatic heterocycles. The summed E-state index contributed by atoms with van der Waals surface area (Å²) in [6, 6.07) is 19.0. The molecule has 0 unspecified atom stereocenters. The number of anilines is 1. The zero-order valence-electron chi connectivity index (χ0n) is 15.4. The zero-order chi connectivity index (χ0) is 21.1. The molecule has 4 aromatic rings. The molecule has 0 radical (unpaired) electrons. The summed E-state index contributed by atoms with van der Waals surface area (Å²) in [4.78, 5) is 27.4. The fourth-order valence-corrected chi connectivity index (χ4v) is 5.03. The molecule has 0 fully saturated rings. The molecule has 1 amide bonds. The molecule has 0 aliphatic heterocycles. The van der Waals surface area contributed by atoms with Crippen molar-refractivity contribution in [3.8, 4) is 0 Å². The number of thiazole rings is 1. The van der Waals surface area contributed by atoms with E-state index in [9.17, 15) is 14.9 Å². The molecule has 0 saturated heterocycles. The van der Waals surface area contributed by atoms with Gasteiger partial charge in [-0.05, 0) is 35.9 Å². The van der Waals surface area contributed by atoms with Crippen molar-refractivity contribution in [1.29, 1.82) is 0 Å². The zero-order valence-corrected chi connectivity index (χ0v) is 17.8. The van der Waals surface area contributed by atoms with Crippen molar-refractivity contribution in [3.63, 3.8) is 0 Å². The minimum atomic E-state index is -0.410. The van der Waals surface area contributed by atoms with E-state index in [1.54, 1.807) is 48.2 Å². The quantitative estimate of drug-likeness (QED) is 0.206. The van der Waals surface area contributed by atoms with E-state index in [2.05, 4.69) is 10.3 Å². The summed E-state index contributed by atoms with van der Waals surface area (Å²) >= 11 is 9.18. The van der Waals surface area contributed by atoms with Gasteiger partial charge in [-0.3, -0.25) is 14.9 Å². The van der Waals surface area contributed by atoms with E-state index < -0.39 is 4.92 Å². The minimum absolute atomic E-state index is 0.0788. The number of nitro groups is 1. The summed E-state index contributed by atoms with van der Waals surface area (Å²) in [7, 11) is 0. The number of fused-ring (bicyclic) bond motifs is 1. The summed E-state index contributed by atoms with van der Waals surface area (Å²) in [6.07, 6.45) is 0. The minimum Gasteiger partial charge on any atom is -0.322 e. The number of thioether (sulfide) groups is 1. The lowest BCUT2D eigenvalue weighted by Crippen LogP contribution is -2.12. The summed E-state index contributed by atoms with van der Waals surface area (Å²) in [5.74, 6) is 0.394. The van der Waals surface area contributed by atoms with Gasteiger partial charge in [0.15, 0.2) is 4.34 Å². The number of hydrogen-bond donors (Lipinski definition) is 1. The van der Waals surface area contributed by atoms with E-state index in [0.29, 0.717) is 22.0 Å². The number of benzene rings is 3. The molecule has 150 valence electrons.